The second kappa shape index (κ2) is 6.58. The molecule has 5 nitrogen and oxygen atoms in total. The molecule has 1 aliphatic rings. The number of carbonyl (C=O) groups excluding carboxylic acids is 1. The van der Waals surface area contributed by atoms with Gasteiger partial charge in [0.1, 0.15) is 0 Å². The molecule has 1 atom stereocenters. The van der Waals surface area contributed by atoms with Crippen molar-refractivity contribution in [1.29, 1.82) is 0 Å². The molecule has 0 spiro atoms. The lowest BCUT2D eigenvalue weighted by molar-refractivity contribution is -0.130. The number of hydrogen-bond acceptors (Lipinski definition) is 4. The van der Waals surface area contributed by atoms with E-state index in [0.717, 1.165) is 5.56 Å². The maximum Gasteiger partial charge on any atom is 0.223 e. The van der Waals surface area contributed by atoms with Crippen LogP contribution in [0.15, 0.2) is 29.2 Å². The summed E-state index contributed by atoms with van der Waals surface area (Å²) < 4.78 is 24.1. The quantitative estimate of drug-likeness (QED) is 0.861. The minimum atomic E-state index is -3.19. The first-order valence-corrected chi connectivity index (χ1v) is 8.97. The minimum Gasteiger partial charge on any atom is -0.343 e. The Bertz CT molecular complexity index is 609. The van der Waals surface area contributed by atoms with Crippen LogP contribution < -0.4 is 5.32 Å². The summed E-state index contributed by atoms with van der Waals surface area (Å²) in [6.07, 6.45) is 0.389. The number of nitrogens with one attached hydrogen (secondary N) is 1. The van der Waals surface area contributed by atoms with Gasteiger partial charge >= 0.3 is 0 Å². The van der Waals surface area contributed by atoms with E-state index >= 15 is 0 Å². The molecule has 1 aromatic carbocycles. The van der Waals surface area contributed by atoms with Gasteiger partial charge in [0.15, 0.2) is 9.84 Å². The van der Waals surface area contributed by atoms with E-state index in [4.69, 9.17) is 0 Å². The van der Waals surface area contributed by atoms with Gasteiger partial charge in [-0.1, -0.05) is 18.2 Å². The summed E-state index contributed by atoms with van der Waals surface area (Å²) >= 11 is 0. The van der Waals surface area contributed by atoms with Gasteiger partial charge in [-0.2, -0.15) is 0 Å². The molecule has 0 bridgehead atoms. The molecule has 6 heteroatoms. The number of rotatable bonds is 6. The Morgan fingerprint density at radius 3 is 2.62 bits per heavy atom. The van der Waals surface area contributed by atoms with Crippen LogP contribution in [0.3, 0.4) is 0 Å². The van der Waals surface area contributed by atoms with Crippen LogP contribution in [-0.2, 0) is 14.6 Å². The topological polar surface area (TPSA) is 66.5 Å². The van der Waals surface area contributed by atoms with Crippen molar-refractivity contribution < 1.29 is 13.2 Å². The molecule has 1 aromatic rings. The zero-order chi connectivity index (χ0) is 15.5. The molecule has 0 saturated heterocycles. The number of benzene rings is 1. The lowest BCUT2D eigenvalue weighted by Crippen LogP contribution is -2.34. The molecular formula is C15H22N2O3S. The van der Waals surface area contributed by atoms with Gasteiger partial charge in [-0.25, -0.2) is 8.42 Å². The summed E-state index contributed by atoms with van der Waals surface area (Å²) in [5, 5.41) is 3.20. The van der Waals surface area contributed by atoms with Crippen LogP contribution in [0.5, 0.6) is 0 Å². The largest absolute Gasteiger partial charge is 0.343 e. The van der Waals surface area contributed by atoms with E-state index in [1.54, 1.807) is 17.0 Å². The number of nitrogens with zero attached hydrogens (tertiary/aromatic N) is 1. The molecule has 2 rings (SSSR count). The standard InChI is InChI=1S/C15H22N2O3S/c1-3-17(4-2)15(18)9-10-16-13-11-21(19,20)14-8-6-5-7-12(13)14/h5-8,13,16H,3-4,9-11H2,1-2H3. The number of sulfone groups is 1. The zero-order valence-corrected chi connectivity index (χ0v) is 13.3. The summed E-state index contributed by atoms with van der Waals surface area (Å²) in [7, 11) is -3.19. The molecule has 21 heavy (non-hydrogen) atoms. The monoisotopic (exact) mass is 310 g/mol. The van der Waals surface area contributed by atoms with Crippen LogP contribution in [0.25, 0.3) is 0 Å². The Balaban J connectivity index is 1.96. The molecule has 1 heterocycles. The molecule has 1 aliphatic heterocycles. The predicted octanol–water partition coefficient (Wildman–Crippen LogP) is 1.36. The van der Waals surface area contributed by atoms with Crippen LogP contribution >= 0.6 is 0 Å². The van der Waals surface area contributed by atoms with E-state index in [1.165, 1.54) is 0 Å². The van der Waals surface area contributed by atoms with Gasteiger partial charge in [0.25, 0.3) is 0 Å². The average molecular weight is 310 g/mol. The Morgan fingerprint density at radius 1 is 1.29 bits per heavy atom. The summed E-state index contributed by atoms with van der Waals surface area (Å²) in [4.78, 5) is 14.1. The van der Waals surface area contributed by atoms with Gasteiger partial charge in [0.2, 0.25) is 5.91 Å². The molecule has 0 radical (unpaired) electrons. The maximum absolute atomic E-state index is 12.0. The summed E-state index contributed by atoms with van der Waals surface area (Å²) in [5.41, 5.74) is 0.813. The fourth-order valence-corrected chi connectivity index (χ4v) is 4.48. The van der Waals surface area contributed by atoms with E-state index in [-0.39, 0.29) is 17.7 Å². The molecule has 0 saturated carbocycles. The molecule has 1 amide bonds. The van der Waals surface area contributed by atoms with Gasteiger partial charge in [-0.05, 0) is 25.5 Å². The van der Waals surface area contributed by atoms with Crippen molar-refractivity contribution in [2.45, 2.75) is 31.2 Å². The molecule has 0 aromatic heterocycles. The van der Waals surface area contributed by atoms with Gasteiger partial charge in [0, 0.05) is 32.1 Å². The number of hydrogen-bond donors (Lipinski definition) is 1. The van der Waals surface area contributed by atoms with Crippen LogP contribution in [0.1, 0.15) is 31.9 Å². The SMILES string of the molecule is CCN(CC)C(=O)CCNC1CS(=O)(=O)c2ccccc21. The van der Waals surface area contributed by atoms with E-state index in [0.29, 0.717) is 31.0 Å². The van der Waals surface area contributed by atoms with Gasteiger partial charge in [0.05, 0.1) is 10.6 Å². The first-order chi connectivity index (χ1) is 9.99. The zero-order valence-electron chi connectivity index (χ0n) is 12.5. The summed E-state index contributed by atoms with van der Waals surface area (Å²) in [6.45, 7) is 5.80. The smallest absolute Gasteiger partial charge is 0.223 e. The normalized spacial score (nSPS) is 19.2. The van der Waals surface area contributed by atoms with Crippen molar-refractivity contribution in [3.63, 3.8) is 0 Å². The van der Waals surface area contributed by atoms with Crippen LogP contribution in [0.2, 0.25) is 0 Å². The van der Waals surface area contributed by atoms with Crippen molar-refractivity contribution in [1.82, 2.24) is 10.2 Å². The Labute approximate surface area is 126 Å². The average Bonchev–Trinajstić information content (AvgIpc) is 2.72. The van der Waals surface area contributed by atoms with E-state index in [2.05, 4.69) is 5.32 Å². The summed E-state index contributed by atoms with van der Waals surface area (Å²) in [6, 6.07) is 6.85. The van der Waals surface area contributed by atoms with Crippen molar-refractivity contribution in [3.8, 4) is 0 Å². The minimum absolute atomic E-state index is 0.0752. The third-order valence-corrected chi connectivity index (χ3v) is 5.68. The maximum atomic E-state index is 12.0. The molecule has 0 aliphatic carbocycles. The van der Waals surface area contributed by atoms with E-state index in [1.807, 2.05) is 26.0 Å². The second-order valence-corrected chi connectivity index (χ2v) is 7.14. The molecular weight excluding hydrogens is 288 g/mol. The fraction of sp³-hybridized carbons (Fsp3) is 0.533. The third kappa shape index (κ3) is 3.44. The van der Waals surface area contributed by atoms with Crippen molar-refractivity contribution in [2.75, 3.05) is 25.4 Å². The highest BCUT2D eigenvalue weighted by Gasteiger charge is 2.33. The van der Waals surface area contributed by atoms with E-state index < -0.39 is 9.84 Å². The fourth-order valence-electron chi connectivity index (χ4n) is 2.71. The number of fused-ring (bicyclic) bond motifs is 1. The Hall–Kier alpha value is -1.40. The van der Waals surface area contributed by atoms with Crippen LogP contribution in [0, 0.1) is 0 Å². The Kier molecular flexibility index (Phi) is 5.00. The number of amides is 1. The second-order valence-electron chi connectivity index (χ2n) is 5.14. The molecule has 0 fully saturated rings. The van der Waals surface area contributed by atoms with Crippen molar-refractivity contribution in [3.05, 3.63) is 29.8 Å². The lowest BCUT2D eigenvalue weighted by Gasteiger charge is -2.19. The van der Waals surface area contributed by atoms with Crippen molar-refractivity contribution >= 4 is 15.7 Å². The highest BCUT2D eigenvalue weighted by atomic mass is 32.2. The van der Waals surface area contributed by atoms with Gasteiger partial charge < -0.3 is 10.2 Å². The van der Waals surface area contributed by atoms with Crippen LogP contribution in [-0.4, -0.2) is 44.6 Å². The predicted molar refractivity (Wildman–Crippen MR) is 81.8 cm³/mol. The molecule has 1 unspecified atom stereocenters. The van der Waals surface area contributed by atoms with E-state index in [9.17, 15) is 13.2 Å². The highest BCUT2D eigenvalue weighted by molar-refractivity contribution is 7.91. The van der Waals surface area contributed by atoms with Gasteiger partial charge in [-0.3, -0.25) is 4.79 Å². The first kappa shape index (κ1) is 16.0. The van der Waals surface area contributed by atoms with Crippen LogP contribution in [0.4, 0.5) is 0 Å². The highest BCUT2D eigenvalue weighted by Crippen LogP contribution is 2.32. The number of carbonyl (C=O) groups is 1. The van der Waals surface area contributed by atoms with Crippen molar-refractivity contribution in [2.24, 2.45) is 0 Å². The first-order valence-electron chi connectivity index (χ1n) is 7.32. The summed E-state index contributed by atoms with van der Waals surface area (Å²) in [5.74, 6) is 0.174. The molecule has 1 N–H and O–H groups in total. The van der Waals surface area contributed by atoms with Gasteiger partial charge in [-0.15, -0.1) is 0 Å². The third-order valence-electron chi connectivity index (χ3n) is 3.86. The lowest BCUT2D eigenvalue weighted by atomic mass is 10.1. The molecule has 116 valence electrons. The Morgan fingerprint density at radius 2 is 1.95 bits per heavy atom.